The van der Waals surface area contributed by atoms with Crippen molar-refractivity contribution in [1.82, 2.24) is 19.5 Å². The van der Waals surface area contributed by atoms with Crippen molar-refractivity contribution in [2.75, 3.05) is 0 Å². The van der Waals surface area contributed by atoms with E-state index in [0.29, 0.717) is 36.9 Å². The lowest BCUT2D eigenvalue weighted by Crippen LogP contribution is -2.31. The molecule has 1 N–H and O–H groups in total. The fourth-order valence-corrected chi connectivity index (χ4v) is 4.85. The third-order valence-electron chi connectivity index (χ3n) is 6.36. The standard InChI is InChI=1S/C25H28N4O3/c1-3-23-27-28(25(31)21-15-22-20(29(21)23)14-16(2)32-22)13-7-12-24(30)26-19-11-6-9-17-8-4-5-10-18(17)19/h4-5,8,10,14-15,19H,3,6-7,9,11-13H2,1-2H3,(H,26,30). The third kappa shape index (κ3) is 3.61. The minimum absolute atomic E-state index is 0.0206. The number of hydrogen-bond donors (Lipinski definition) is 1. The second kappa shape index (κ2) is 8.30. The molecule has 0 saturated heterocycles. The first-order valence-electron chi connectivity index (χ1n) is 11.4. The Hall–Kier alpha value is -3.35. The van der Waals surface area contributed by atoms with E-state index >= 15 is 0 Å². The van der Waals surface area contributed by atoms with Crippen molar-refractivity contribution in [3.63, 3.8) is 0 Å². The number of carbonyl (C=O) groups excluding carboxylic acids is 1. The Balaban J connectivity index is 1.29. The Morgan fingerprint density at radius 2 is 2.09 bits per heavy atom. The maximum absolute atomic E-state index is 13.0. The maximum atomic E-state index is 13.0. The molecule has 1 aliphatic rings. The number of aryl methyl sites for hydroxylation is 4. The van der Waals surface area contributed by atoms with Gasteiger partial charge in [0.05, 0.1) is 11.6 Å². The van der Waals surface area contributed by atoms with Gasteiger partial charge < -0.3 is 9.73 Å². The summed E-state index contributed by atoms with van der Waals surface area (Å²) < 4.78 is 9.08. The number of rotatable bonds is 6. The first-order valence-corrected chi connectivity index (χ1v) is 11.4. The lowest BCUT2D eigenvalue weighted by molar-refractivity contribution is -0.122. The van der Waals surface area contributed by atoms with Gasteiger partial charge in [0.1, 0.15) is 17.1 Å². The molecule has 1 atom stereocenters. The second-order valence-corrected chi connectivity index (χ2v) is 8.58. The van der Waals surface area contributed by atoms with E-state index in [2.05, 4.69) is 28.6 Å². The predicted octanol–water partition coefficient (Wildman–Crippen LogP) is 4.09. The van der Waals surface area contributed by atoms with E-state index in [1.165, 1.54) is 15.8 Å². The van der Waals surface area contributed by atoms with Crippen LogP contribution in [0, 0.1) is 6.92 Å². The van der Waals surface area contributed by atoms with E-state index in [-0.39, 0.29) is 17.5 Å². The molecule has 5 rings (SSSR count). The van der Waals surface area contributed by atoms with Gasteiger partial charge in [-0.15, -0.1) is 0 Å². The van der Waals surface area contributed by atoms with Gasteiger partial charge in [-0.3, -0.25) is 14.0 Å². The van der Waals surface area contributed by atoms with E-state index in [1.807, 2.05) is 30.4 Å². The van der Waals surface area contributed by atoms with Gasteiger partial charge in [-0.1, -0.05) is 31.2 Å². The molecule has 1 aromatic carbocycles. The highest BCUT2D eigenvalue weighted by Crippen LogP contribution is 2.29. The first-order chi connectivity index (χ1) is 15.5. The van der Waals surface area contributed by atoms with Crippen LogP contribution in [0.1, 0.15) is 61.4 Å². The molecule has 1 unspecified atom stereocenters. The normalized spacial score (nSPS) is 15.9. The van der Waals surface area contributed by atoms with Crippen LogP contribution in [0.15, 0.2) is 45.6 Å². The van der Waals surface area contributed by atoms with Crippen LogP contribution in [0.25, 0.3) is 16.6 Å². The number of aromatic nitrogens is 3. The summed E-state index contributed by atoms with van der Waals surface area (Å²) in [5.74, 6) is 1.63. The summed E-state index contributed by atoms with van der Waals surface area (Å²) in [6.07, 6.45) is 4.73. The number of fused-ring (bicyclic) bond motifs is 4. The highest BCUT2D eigenvalue weighted by Gasteiger charge is 2.21. The molecule has 7 heteroatoms. The Labute approximate surface area is 186 Å². The van der Waals surface area contributed by atoms with E-state index < -0.39 is 0 Å². The maximum Gasteiger partial charge on any atom is 0.291 e. The molecule has 7 nitrogen and oxygen atoms in total. The Morgan fingerprint density at radius 3 is 2.94 bits per heavy atom. The van der Waals surface area contributed by atoms with Crippen LogP contribution in [0.4, 0.5) is 0 Å². The van der Waals surface area contributed by atoms with Crippen molar-refractivity contribution in [1.29, 1.82) is 0 Å². The van der Waals surface area contributed by atoms with Crippen LogP contribution in [0.2, 0.25) is 0 Å². The first kappa shape index (κ1) is 20.5. The quantitative estimate of drug-likeness (QED) is 0.498. The average molecular weight is 433 g/mol. The van der Waals surface area contributed by atoms with Gasteiger partial charge in [0.2, 0.25) is 5.91 Å². The largest absolute Gasteiger partial charge is 0.460 e. The fraction of sp³-hybridized carbons (Fsp3) is 0.400. The van der Waals surface area contributed by atoms with Gasteiger partial charge in [-0.2, -0.15) is 5.10 Å². The highest BCUT2D eigenvalue weighted by molar-refractivity contribution is 5.83. The molecular formula is C25H28N4O3. The van der Waals surface area contributed by atoms with E-state index in [1.54, 1.807) is 6.07 Å². The summed E-state index contributed by atoms with van der Waals surface area (Å²) in [5, 5.41) is 7.77. The zero-order valence-electron chi connectivity index (χ0n) is 18.6. The molecule has 1 aliphatic carbocycles. The number of amides is 1. The van der Waals surface area contributed by atoms with Crippen LogP contribution in [0.3, 0.4) is 0 Å². The van der Waals surface area contributed by atoms with E-state index in [9.17, 15) is 9.59 Å². The van der Waals surface area contributed by atoms with Crippen LogP contribution in [-0.2, 0) is 24.2 Å². The van der Waals surface area contributed by atoms with Crippen molar-refractivity contribution >= 4 is 22.5 Å². The third-order valence-corrected chi connectivity index (χ3v) is 6.36. The monoisotopic (exact) mass is 432 g/mol. The molecule has 0 fully saturated rings. The van der Waals surface area contributed by atoms with E-state index in [4.69, 9.17) is 4.42 Å². The molecule has 3 heterocycles. The lowest BCUT2D eigenvalue weighted by atomic mass is 9.87. The summed E-state index contributed by atoms with van der Waals surface area (Å²) in [6.45, 7) is 4.32. The average Bonchev–Trinajstić information content (AvgIpc) is 3.32. The lowest BCUT2D eigenvalue weighted by Gasteiger charge is -2.26. The van der Waals surface area contributed by atoms with Gasteiger partial charge in [-0.05, 0) is 43.7 Å². The van der Waals surface area contributed by atoms with Crippen LogP contribution < -0.4 is 10.9 Å². The molecule has 1 amide bonds. The summed E-state index contributed by atoms with van der Waals surface area (Å²) in [4.78, 5) is 25.6. The van der Waals surface area contributed by atoms with Gasteiger partial charge in [-0.25, -0.2) is 4.68 Å². The van der Waals surface area contributed by atoms with Crippen molar-refractivity contribution < 1.29 is 9.21 Å². The van der Waals surface area contributed by atoms with Crippen molar-refractivity contribution in [2.24, 2.45) is 0 Å². The van der Waals surface area contributed by atoms with Crippen molar-refractivity contribution in [3.8, 4) is 0 Å². The molecule has 32 heavy (non-hydrogen) atoms. The molecular weight excluding hydrogens is 404 g/mol. The highest BCUT2D eigenvalue weighted by atomic mass is 16.3. The van der Waals surface area contributed by atoms with Gasteiger partial charge >= 0.3 is 0 Å². The van der Waals surface area contributed by atoms with E-state index in [0.717, 1.165) is 36.4 Å². The Kier molecular flexibility index (Phi) is 5.33. The topological polar surface area (TPSA) is 81.5 Å². The molecule has 0 spiro atoms. The number of benzene rings is 1. The van der Waals surface area contributed by atoms with Crippen LogP contribution in [0.5, 0.6) is 0 Å². The van der Waals surface area contributed by atoms with Gasteiger partial charge in [0.25, 0.3) is 5.56 Å². The number of carbonyl (C=O) groups is 1. The summed E-state index contributed by atoms with van der Waals surface area (Å²) in [7, 11) is 0. The molecule has 0 saturated carbocycles. The molecule has 4 aromatic rings. The molecule has 0 bridgehead atoms. The smallest absolute Gasteiger partial charge is 0.291 e. The molecule has 3 aromatic heterocycles. The number of furan rings is 1. The zero-order valence-corrected chi connectivity index (χ0v) is 18.6. The number of nitrogens with one attached hydrogen (secondary N) is 1. The minimum Gasteiger partial charge on any atom is -0.460 e. The van der Waals surface area contributed by atoms with Gasteiger partial charge in [0, 0.05) is 31.5 Å². The Morgan fingerprint density at radius 1 is 1.25 bits per heavy atom. The molecule has 0 aliphatic heterocycles. The summed E-state index contributed by atoms with van der Waals surface area (Å²) in [5.41, 5.74) is 4.53. The van der Waals surface area contributed by atoms with Crippen LogP contribution >= 0.6 is 0 Å². The second-order valence-electron chi connectivity index (χ2n) is 8.58. The minimum atomic E-state index is -0.159. The van der Waals surface area contributed by atoms with Gasteiger partial charge in [0.15, 0.2) is 5.58 Å². The predicted molar refractivity (Wildman–Crippen MR) is 123 cm³/mol. The SMILES string of the molecule is CCc1nn(CCCC(=O)NC2CCCc3ccccc32)c(=O)c2cc3oc(C)cc3n12. The summed E-state index contributed by atoms with van der Waals surface area (Å²) >= 11 is 0. The van der Waals surface area contributed by atoms with Crippen molar-refractivity contribution in [2.45, 2.75) is 65.0 Å². The zero-order chi connectivity index (χ0) is 22.2. The Bertz CT molecular complexity index is 1360. The number of hydrogen-bond acceptors (Lipinski definition) is 4. The fourth-order valence-electron chi connectivity index (χ4n) is 4.85. The molecule has 166 valence electrons. The molecule has 0 radical (unpaired) electrons. The number of nitrogens with zero attached hydrogens (tertiary/aromatic N) is 3. The van der Waals surface area contributed by atoms with Crippen molar-refractivity contribution in [3.05, 3.63) is 69.5 Å². The summed E-state index contributed by atoms with van der Waals surface area (Å²) in [6, 6.07) is 12.1. The van der Waals surface area contributed by atoms with Crippen LogP contribution in [-0.4, -0.2) is 20.1 Å².